The molecule has 3 aliphatic rings. The van der Waals surface area contributed by atoms with Crippen molar-refractivity contribution in [3.63, 3.8) is 0 Å². The van der Waals surface area contributed by atoms with Gasteiger partial charge in [0.15, 0.2) is 0 Å². The van der Waals surface area contributed by atoms with Gasteiger partial charge in [-0.2, -0.15) is 0 Å². The number of rotatable bonds is 7. The van der Waals surface area contributed by atoms with Gasteiger partial charge in [0, 0.05) is 36.9 Å². The third-order valence-corrected chi connectivity index (χ3v) is 5.46. The minimum atomic E-state index is -2.52. The molecular weight excluding hydrogens is 310 g/mol. The Morgan fingerprint density at radius 2 is 1.96 bits per heavy atom. The summed E-state index contributed by atoms with van der Waals surface area (Å²) in [6, 6.07) is 8.28. The van der Waals surface area contributed by atoms with E-state index in [9.17, 15) is 13.6 Å². The van der Waals surface area contributed by atoms with Crippen LogP contribution in [0.1, 0.15) is 53.9 Å². The summed E-state index contributed by atoms with van der Waals surface area (Å²) in [5, 5.41) is 6.40. The normalized spacial score (nSPS) is 28.2. The molecule has 0 unspecified atom stereocenters. The third-order valence-electron chi connectivity index (χ3n) is 5.46. The molecule has 24 heavy (non-hydrogen) atoms. The number of halogens is 2. The van der Waals surface area contributed by atoms with Gasteiger partial charge in [-0.15, -0.1) is 0 Å². The summed E-state index contributed by atoms with van der Waals surface area (Å²) in [5.41, 5.74) is 1.83. The van der Waals surface area contributed by atoms with E-state index < -0.39 is 5.92 Å². The number of amides is 1. The van der Waals surface area contributed by atoms with E-state index in [1.165, 1.54) is 18.4 Å². The Morgan fingerprint density at radius 3 is 2.67 bits per heavy atom. The highest BCUT2D eigenvalue weighted by Gasteiger charge is 2.45. The number of alkyl halides is 2. The van der Waals surface area contributed by atoms with Gasteiger partial charge in [0.2, 0.25) is 5.92 Å². The molecule has 4 rings (SSSR count). The Kier molecular flexibility index (Phi) is 4.07. The van der Waals surface area contributed by atoms with Gasteiger partial charge in [0.1, 0.15) is 0 Å². The topological polar surface area (TPSA) is 41.1 Å². The third kappa shape index (κ3) is 3.77. The number of hydrogen-bond donors (Lipinski definition) is 2. The zero-order valence-corrected chi connectivity index (χ0v) is 13.7. The second-order valence-electron chi connectivity index (χ2n) is 7.77. The molecule has 5 heteroatoms. The van der Waals surface area contributed by atoms with Gasteiger partial charge >= 0.3 is 0 Å². The molecule has 3 saturated carbocycles. The van der Waals surface area contributed by atoms with Crippen molar-refractivity contribution in [1.29, 1.82) is 0 Å². The predicted molar refractivity (Wildman–Crippen MR) is 88.3 cm³/mol. The van der Waals surface area contributed by atoms with Crippen molar-refractivity contribution < 1.29 is 13.6 Å². The van der Waals surface area contributed by atoms with Crippen LogP contribution in [0.3, 0.4) is 0 Å². The summed E-state index contributed by atoms with van der Waals surface area (Å²) in [6.07, 6.45) is 3.63. The van der Waals surface area contributed by atoms with Crippen LogP contribution >= 0.6 is 0 Å². The van der Waals surface area contributed by atoms with Crippen LogP contribution in [-0.2, 0) is 0 Å². The molecule has 2 N–H and O–H groups in total. The molecule has 3 aliphatic carbocycles. The molecule has 0 bridgehead atoms. The lowest BCUT2D eigenvalue weighted by atomic mass is 9.81. The van der Waals surface area contributed by atoms with E-state index >= 15 is 0 Å². The molecule has 3 nitrogen and oxygen atoms in total. The van der Waals surface area contributed by atoms with Crippen molar-refractivity contribution in [3.8, 4) is 0 Å². The smallest absolute Gasteiger partial charge is 0.251 e. The molecule has 0 spiro atoms. The first-order chi connectivity index (χ1) is 11.5. The van der Waals surface area contributed by atoms with E-state index in [2.05, 4.69) is 16.7 Å². The largest absolute Gasteiger partial charge is 0.352 e. The van der Waals surface area contributed by atoms with E-state index in [0.29, 0.717) is 24.1 Å². The standard InChI is InChI=1S/C19H24F2N2O/c20-19(21)8-13(9-19)11-23-18(24)15-3-1-2-14(6-15)16-7-17(16)22-10-12-4-5-12/h1-3,6,12-13,16-17,22H,4-5,7-11H2,(H,23,24)/t16-,17+/m0/s1. The maximum atomic E-state index is 12.8. The lowest BCUT2D eigenvalue weighted by molar-refractivity contribution is -0.108. The molecule has 2 atom stereocenters. The quantitative estimate of drug-likeness (QED) is 0.803. The monoisotopic (exact) mass is 334 g/mol. The van der Waals surface area contributed by atoms with Crippen LogP contribution in [0.15, 0.2) is 24.3 Å². The second kappa shape index (κ2) is 6.10. The van der Waals surface area contributed by atoms with Gasteiger partial charge in [-0.3, -0.25) is 4.79 Å². The summed E-state index contributed by atoms with van der Waals surface area (Å²) in [7, 11) is 0. The van der Waals surface area contributed by atoms with Crippen molar-refractivity contribution in [1.82, 2.24) is 10.6 Å². The summed E-state index contributed by atoms with van der Waals surface area (Å²) in [4.78, 5) is 12.2. The molecule has 0 radical (unpaired) electrons. The number of benzene rings is 1. The van der Waals surface area contributed by atoms with Crippen molar-refractivity contribution in [3.05, 3.63) is 35.4 Å². The lowest BCUT2D eigenvalue weighted by Crippen LogP contribution is -2.42. The van der Waals surface area contributed by atoms with Crippen molar-refractivity contribution in [2.75, 3.05) is 13.1 Å². The average molecular weight is 334 g/mol. The van der Waals surface area contributed by atoms with Gasteiger partial charge in [-0.05, 0) is 55.3 Å². The van der Waals surface area contributed by atoms with Crippen LogP contribution in [-0.4, -0.2) is 31.0 Å². The summed E-state index contributed by atoms with van der Waals surface area (Å²) in [5.74, 6) is -1.39. The Balaban J connectivity index is 1.27. The summed E-state index contributed by atoms with van der Waals surface area (Å²) < 4.78 is 25.6. The Hall–Kier alpha value is -1.49. The van der Waals surface area contributed by atoms with E-state index in [0.717, 1.165) is 18.9 Å². The van der Waals surface area contributed by atoms with E-state index in [1.807, 2.05) is 12.1 Å². The molecule has 0 heterocycles. The molecule has 0 aromatic heterocycles. The fourth-order valence-electron chi connectivity index (χ4n) is 3.61. The molecule has 0 saturated heterocycles. The highest BCUT2D eigenvalue weighted by atomic mass is 19.3. The van der Waals surface area contributed by atoms with Gasteiger partial charge < -0.3 is 10.6 Å². The van der Waals surface area contributed by atoms with Crippen molar-refractivity contribution >= 4 is 5.91 Å². The fourth-order valence-corrected chi connectivity index (χ4v) is 3.61. The minimum Gasteiger partial charge on any atom is -0.352 e. The maximum absolute atomic E-state index is 12.8. The van der Waals surface area contributed by atoms with Crippen molar-refractivity contribution in [2.45, 2.75) is 50.0 Å². The van der Waals surface area contributed by atoms with Crippen LogP contribution in [0.4, 0.5) is 8.78 Å². The molecule has 1 amide bonds. The van der Waals surface area contributed by atoms with Gasteiger partial charge in [0.05, 0.1) is 0 Å². The van der Waals surface area contributed by atoms with E-state index in [4.69, 9.17) is 0 Å². The van der Waals surface area contributed by atoms with E-state index in [-0.39, 0.29) is 24.7 Å². The zero-order chi connectivity index (χ0) is 16.7. The Labute approximate surface area is 141 Å². The highest BCUT2D eigenvalue weighted by Crippen LogP contribution is 2.42. The average Bonchev–Trinajstić information content (AvgIpc) is 3.43. The maximum Gasteiger partial charge on any atom is 0.251 e. The Bertz CT molecular complexity index is 622. The molecule has 1 aromatic carbocycles. The van der Waals surface area contributed by atoms with Crippen LogP contribution in [0, 0.1) is 11.8 Å². The number of nitrogens with one attached hydrogen (secondary N) is 2. The summed E-state index contributed by atoms with van der Waals surface area (Å²) in [6.45, 7) is 1.46. The van der Waals surface area contributed by atoms with Gasteiger partial charge in [-0.25, -0.2) is 8.78 Å². The zero-order valence-electron chi connectivity index (χ0n) is 13.7. The minimum absolute atomic E-state index is 0.0911. The number of carbonyl (C=O) groups excluding carboxylic acids is 1. The molecule has 1 aromatic rings. The van der Waals surface area contributed by atoms with Crippen molar-refractivity contribution in [2.24, 2.45) is 11.8 Å². The molecular formula is C19H24F2N2O. The molecule has 0 aliphatic heterocycles. The first-order valence-corrected chi connectivity index (χ1v) is 8.99. The first-order valence-electron chi connectivity index (χ1n) is 8.99. The van der Waals surface area contributed by atoms with E-state index in [1.54, 1.807) is 6.07 Å². The van der Waals surface area contributed by atoms with Crippen LogP contribution in [0.2, 0.25) is 0 Å². The van der Waals surface area contributed by atoms with Gasteiger partial charge in [-0.1, -0.05) is 12.1 Å². The second-order valence-corrected chi connectivity index (χ2v) is 7.77. The van der Waals surface area contributed by atoms with Crippen LogP contribution in [0.25, 0.3) is 0 Å². The highest BCUT2D eigenvalue weighted by molar-refractivity contribution is 5.94. The van der Waals surface area contributed by atoms with Crippen LogP contribution in [0.5, 0.6) is 0 Å². The van der Waals surface area contributed by atoms with Crippen LogP contribution < -0.4 is 10.6 Å². The molecule has 130 valence electrons. The summed E-state index contributed by atoms with van der Waals surface area (Å²) >= 11 is 0. The number of hydrogen-bond acceptors (Lipinski definition) is 2. The predicted octanol–water partition coefficient (Wildman–Crippen LogP) is 3.32. The number of carbonyl (C=O) groups is 1. The Morgan fingerprint density at radius 1 is 1.17 bits per heavy atom. The lowest BCUT2D eigenvalue weighted by Gasteiger charge is -2.34. The molecule has 3 fully saturated rings. The fraction of sp³-hybridized carbons (Fsp3) is 0.632. The van der Waals surface area contributed by atoms with Gasteiger partial charge in [0.25, 0.3) is 5.91 Å². The first kappa shape index (κ1) is 16.0. The SMILES string of the molecule is O=C(NCC1CC(F)(F)C1)c1cccc([C@@H]2C[C@H]2NCC2CC2)c1.